The highest BCUT2D eigenvalue weighted by Gasteiger charge is 2.41. The van der Waals surface area contributed by atoms with Crippen molar-refractivity contribution in [1.82, 2.24) is 9.80 Å². The maximum absolute atomic E-state index is 12.9. The molecule has 4 rings (SSSR count). The molecular formula is C25H30N2O2. The van der Waals surface area contributed by atoms with E-state index in [1.165, 1.54) is 16.7 Å². The van der Waals surface area contributed by atoms with Crippen molar-refractivity contribution in [2.75, 3.05) is 13.1 Å². The summed E-state index contributed by atoms with van der Waals surface area (Å²) in [7, 11) is 0. The number of hydrogen-bond donors (Lipinski definition) is 0. The van der Waals surface area contributed by atoms with Crippen LogP contribution in [0.4, 0.5) is 0 Å². The van der Waals surface area contributed by atoms with Crippen LogP contribution in [0.3, 0.4) is 0 Å². The summed E-state index contributed by atoms with van der Waals surface area (Å²) in [6.07, 6.45) is 3.90. The predicted molar refractivity (Wildman–Crippen MR) is 114 cm³/mol. The molecule has 4 nitrogen and oxygen atoms in total. The first-order valence-corrected chi connectivity index (χ1v) is 10.8. The predicted octanol–water partition coefficient (Wildman–Crippen LogP) is 3.97. The zero-order valence-electron chi connectivity index (χ0n) is 17.2. The number of nitrogens with zero attached hydrogens (tertiary/aromatic N) is 2. The Morgan fingerprint density at radius 1 is 1.00 bits per heavy atom. The molecule has 0 bridgehead atoms. The Hall–Kier alpha value is -2.62. The Morgan fingerprint density at radius 3 is 2.52 bits per heavy atom. The lowest BCUT2D eigenvalue weighted by atomic mass is 9.98. The Morgan fingerprint density at radius 2 is 1.76 bits per heavy atom. The summed E-state index contributed by atoms with van der Waals surface area (Å²) in [5.41, 5.74) is 3.59. The van der Waals surface area contributed by atoms with Crippen molar-refractivity contribution in [3.05, 3.63) is 71.3 Å². The fourth-order valence-electron chi connectivity index (χ4n) is 4.69. The molecule has 0 N–H and O–H groups in total. The molecule has 2 aliphatic rings. The standard InChI is InChI=1S/C25H30N2O2/c1-19-10-12-21(13-11-19)16-27-23-18-26(17-22(23)8-5-9-25(27)29)24(28)15-14-20-6-3-2-4-7-20/h2-4,6-7,10-13,22-23H,5,8-9,14-18H2,1H3/t22-,23+/m1/s1. The highest BCUT2D eigenvalue weighted by Crippen LogP contribution is 2.32. The lowest BCUT2D eigenvalue weighted by molar-refractivity contribution is -0.135. The normalized spacial score (nSPS) is 21.8. The maximum atomic E-state index is 12.9. The first kappa shape index (κ1) is 19.7. The van der Waals surface area contributed by atoms with Gasteiger partial charge in [0.15, 0.2) is 0 Å². The molecule has 2 atom stereocenters. The second kappa shape index (κ2) is 8.81. The first-order valence-electron chi connectivity index (χ1n) is 10.8. The minimum atomic E-state index is 0.145. The minimum absolute atomic E-state index is 0.145. The largest absolute Gasteiger partial charge is 0.340 e. The van der Waals surface area contributed by atoms with Gasteiger partial charge in [0.05, 0.1) is 6.04 Å². The Kier molecular flexibility index (Phi) is 5.98. The zero-order valence-corrected chi connectivity index (χ0v) is 17.2. The van der Waals surface area contributed by atoms with E-state index in [0.717, 1.165) is 25.8 Å². The number of likely N-dealkylation sites (tertiary alicyclic amines) is 2. The fraction of sp³-hybridized carbons (Fsp3) is 0.440. The lowest BCUT2D eigenvalue weighted by Crippen LogP contribution is -2.43. The van der Waals surface area contributed by atoms with Gasteiger partial charge in [-0.1, -0.05) is 60.2 Å². The topological polar surface area (TPSA) is 40.6 Å². The van der Waals surface area contributed by atoms with E-state index < -0.39 is 0 Å². The number of carbonyl (C=O) groups excluding carboxylic acids is 2. The summed E-state index contributed by atoms with van der Waals surface area (Å²) in [6.45, 7) is 4.19. The molecular weight excluding hydrogens is 360 g/mol. The number of fused-ring (bicyclic) bond motifs is 1. The Bertz CT molecular complexity index is 847. The third-order valence-corrected chi connectivity index (χ3v) is 6.39. The molecule has 29 heavy (non-hydrogen) atoms. The van der Waals surface area contributed by atoms with Crippen molar-refractivity contribution in [3.8, 4) is 0 Å². The van der Waals surface area contributed by atoms with Gasteiger partial charge in [0.2, 0.25) is 11.8 Å². The molecule has 0 aromatic heterocycles. The molecule has 2 heterocycles. The van der Waals surface area contributed by atoms with Crippen LogP contribution < -0.4 is 0 Å². The van der Waals surface area contributed by atoms with Crippen LogP contribution >= 0.6 is 0 Å². The van der Waals surface area contributed by atoms with Crippen molar-refractivity contribution in [3.63, 3.8) is 0 Å². The van der Waals surface area contributed by atoms with Crippen molar-refractivity contribution in [2.24, 2.45) is 5.92 Å². The summed E-state index contributed by atoms with van der Waals surface area (Å²) in [5.74, 6) is 0.842. The zero-order chi connectivity index (χ0) is 20.2. The monoisotopic (exact) mass is 390 g/mol. The summed E-state index contributed by atoms with van der Waals surface area (Å²) < 4.78 is 0. The van der Waals surface area contributed by atoms with Gasteiger partial charge in [0.25, 0.3) is 0 Å². The molecule has 0 spiro atoms. The number of carbonyl (C=O) groups is 2. The third kappa shape index (κ3) is 4.69. The number of aryl methyl sites for hydroxylation is 2. The van der Waals surface area contributed by atoms with Crippen LogP contribution in [0, 0.1) is 12.8 Å². The van der Waals surface area contributed by atoms with E-state index in [9.17, 15) is 9.59 Å². The van der Waals surface area contributed by atoms with Gasteiger partial charge in [-0.2, -0.15) is 0 Å². The van der Waals surface area contributed by atoms with E-state index in [2.05, 4.69) is 43.3 Å². The molecule has 2 fully saturated rings. The average molecular weight is 391 g/mol. The molecule has 4 heteroatoms. The van der Waals surface area contributed by atoms with Crippen molar-refractivity contribution in [1.29, 1.82) is 0 Å². The molecule has 2 aromatic carbocycles. The lowest BCUT2D eigenvalue weighted by Gasteiger charge is -2.30. The van der Waals surface area contributed by atoms with Gasteiger partial charge in [0.1, 0.15) is 0 Å². The molecule has 0 radical (unpaired) electrons. The summed E-state index contributed by atoms with van der Waals surface area (Å²) in [5, 5.41) is 0. The number of rotatable bonds is 5. The van der Waals surface area contributed by atoms with Crippen molar-refractivity contribution >= 4 is 11.8 Å². The van der Waals surface area contributed by atoms with Crippen LogP contribution in [0.5, 0.6) is 0 Å². The smallest absolute Gasteiger partial charge is 0.223 e. The molecule has 0 aliphatic carbocycles. The van der Waals surface area contributed by atoms with Gasteiger partial charge in [-0.25, -0.2) is 0 Å². The molecule has 0 unspecified atom stereocenters. The van der Waals surface area contributed by atoms with Gasteiger partial charge >= 0.3 is 0 Å². The van der Waals surface area contributed by atoms with Crippen molar-refractivity contribution in [2.45, 2.75) is 51.6 Å². The van der Waals surface area contributed by atoms with Crippen LogP contribution in [0.25, 0.3) is 0 Å². The third-order valence-electron chi connectivity index (χ3n) is 6.39. The Labute approximate surface area is 173 Å². The van der Waals surface area contributed by atoms with Crippen LogP contribution in [0.15, 0.2) is 54.6 Å². The molecule has 2 amide bonds. The summed E-state index contributed by atoms with van der Waals surface area (Å²) in [4.78, 5) is 29.7. The van der Waals surface area contributed by atoms with Gasteiger partial charge < -0.3 is 9.80 Å². The number of benzene rings is 2. The molecule has 0 saturated carbocycles. The van der Waals surface area contributed by atoms with E-state index in [4.69, 9.17) is 0 Å². The number of hydrogen-bond acceptors (Lipinski definition) is 2. The average Bonchev–Trinajstić information content (AvgIpc) is 3.10. The quantitative estimate of drug-likeness (QED) is 0.775. The van der Waals surface area contributed by atoms with Crippen LogP contribution in [0.2, 0.25) is 0 Å². The van der Waals surface area contributed by atoms with Crippen LogP contribution in [-0.2, 0) is 22.6 Å². The van der Waals surface area contributed by atoms with Crippen molar-refractivity contribution < 1.29 is 9.59 Å². The highest BCUT2D eigenvalue weighted by molar-refractivity contribution is 5.79. The van der Waals surface area contributed by atoms with Gasteiger partial charge in [-0.15, -0.1) is 0 Å². The summed E-state index contributed by atoms with van der Waals surface area (Å²) in [6, 6.07) is 18.7. The van der Waals surface area contributed by atoms with E-state index in [-0.39, 0.29) is 17.9 Å². The summed E-state index contributed by atoms with van der Waals surface area (Å²) >= 11 is 0. The second-order valence-electron chi connectivity index (χ2n) is 8.51. The first-order chi connectivity index (χ1) is 14.1. The van der Waals surface area contributed by atoms with Crippen LogP contribution in [0.1, 0.15) is 42.4 Å². The highest BCUT2D eigenvalue weighted by atomic mass is 16.2. The fourth-order valence-corrected chi connectivity index (χ4v) is 4.69. The molecule has 152 valence electrons. The van der Waals surface area contributed by atoms with Gasteiger partial charge in [0, 0.05) is 32.5 Å². The maximum Gasteiger partial charge on any atom is 0.223 e. The van der Waals surface area contributed by atoms with E-state index in [1.54, 1.807) is 0 Å². The van der Waals surface area contributed by atoms with E-state index in [0.29, 0.717) is 31.8 Å². The molecule has 2 aromatic rings. The SMILES string of the molecule is Cc1ccc(CN2C(=O)CCC[C@@H]3CN(C(=O)CCc4ccccc4)C[C@@H]32)cc1. The Balaban J connectivity index is 1.42. The van der Waals surface area contributed by atoms with Gasteiger partial charge in [-0.05, 0) is 43.2 Å². The van der Waals surface area contributed by atoms with E-state index >= 15 is 0 Å². The van der Waals surface area contributed by atoms with Gasteiger partial charge in [-0.3, -0.25) is 9.59 Å². The van der Waals surface area contributed by atoms with E-state index in [1.807, 2.05) is 28.0 Å². The van der Waals surface area contributed by atoms with Crippen LogP contribution in [-0.4, -0.2) is 40.7 Å². The molecule has 2 saturated heterocycles. The number of amides is 2. The molecule has 2 aliphatic heterocycles. The minimum Gasteiger partial charge on any atom is -0.340 e. The second-order valence-corrected chi connectivity index (χ2v) is 8.51.